The van der Waals surface area contributed by atoms with Gasteiger partial charge in [0, 0.05) is 22.8 Å². The second-order valence-corrected chi connectivity index (χ2v) is 9.10. The van der Waals surface area contributed by atoms with Crippen molar-refractivity contribution in [3.63, 3.8) is 0 Å². The number of rotatable bonds is 6. The lowest BCUT2D eigenvalue weighted by Crippen LogP contribution is -2.38. The molecule has 0 saturated carbocycles. The van der Waals surface area contributed by atoms with Gasteiger partial charge in [-0.3, -0.25) is 0 Å². The Kier molecular flexibility index (Phi) is 8.06. The molecule has 0 bridgehead atoms. The van der Waals surface area contributed by atoms with Crippen LogP contribution in [0, 0.1) is 10.7 Å². The molecule has 0 aliphatic carbocycles. The topological polar surface area (TPSA) is 75.6 Å². The number of halogens is 6. The number of nitrogens with one attached hydrogen (secondary N) is 1. The second-order valence-electron chi connectivity index (χ2n) is 3.86. The molecule has 0 aliphatic heterocycles. The zero-order valence-electron chi connectivity index (χ0n) is 10.5. The molecular formula is C10H9F3I3NO4S. The SMILES string of the molecule is O=S(=O)(NCCOC(O)c1cc(I)cc(I)c1I)C(F)(F)F. The van der Waals surface area contributed by atoms with Crippen molar-refractivity contribution in [1.29, 1.82) is 0 Å². The lowest BCUT2D eigenvalue weighted by atomic mass is 10.2. The predicted octanol–water partition coefficient (Wildman–Crippen LogP) is 2.95. The highest BCUT2D eigenvalue weighted by Gasteiger charge is 2.45. The van der Waals surface area contributed by atoms with Crippen LogP contribution in [0.3, 0.4) is 0 Å². The lowest BCUT2D eigenvalue weighted by molar-refractivity contribution is -0.101. The van der Waals surface area contributed by atoms with Crippen LogP contribution in [-0.2, 0) is 14.8 Å². The van der Waals surface area contributed by atoms with E-state index < -0.39 is 35.0 Å². The van der Waals surface area contributed by atoms with Gasteiger partial charge in [0.05, 0.1) is 6.61 Å². The van der Waals surface area contributed by atoms with Crippen molar-refractivity contribution < 1.29 is 31.4 Å². The van der Waals surface area contributed by atoms with Gasteiger partial charge < -0.3 is 9.84 Å². The molecule has 0 heterocycles. The summed E-state index contributed by atoms with van der Waals surface area (Å²) in [6.07, 6.45) is -1.36. The largest absolute Gasteiger partial charge is 0.511 e. The highest BCUT2D eigenvalue weighted by molar-refractivity contribution is 14.1. The number of sulfonamides is 1. The van der Waals surface area contributed by atoms with Crippen LogP contribution < -0.4 is 4.72 Å². The molecule has 1 rings (SSSR count). The maximum Gasteiger partial charge on any atom is 0.511 e. The van der Waals surface area contributed by atoms with E-state index in [9.17, 15) is 26.7 Å². The van der Waals surface area contributed by atoms with Gasteiger partial charge in [0.15, 0.2) is 6.29 Å². The summed E-state index contributed by atoms with van der Waals surface area (Å²) in [5, 5.41) is 9.91. The van der Waals surface area contributed by atoms with Crippen LogP contribution in [-0.4, -0.2) is 32.2 Å². The van der Waals surface area contributed by atoms with Crippen molar-refractivity contribution in [2.24, 2.45) is 0 Å². The average Bonchev–Trinajstić information content (AvgIpc) is 2.37. The van der Waals surface area contributed by atoms with Gasteiger partial charge in [-0.15, -0.1) is 0 Å². The van der Waals surface area contributed by atoms with Gasteiger partial charge in [-0.2, -0.15) is 13.2 Å². The van der Waals surface area contributed by atoms with Crippen LogP contribution in [0.1, 0.15) is 11.9 Å². The third-order valence-electron chi connectivity index (χ3n) is 2.26. The first-order chi connectivity index (χ1) is 9.95. The number of hydrogen-bond acceptors (Lipinski definition) is 4. The van der Waals surface area contributed by atoms with Crippen LogP contribution in [0.4, 0.5) is 13.2 Å². The first-order valence-electron chi connectivity index (χ1n) is 5.45. The van der Waals surface area contributed by atoms with Crippen LogP contribution in [0.25, 0.3) is 0 Å². The Labute approximate surface area is 165 Å². The third kappa shape index (κ3) is 5.83. The molecule has 1 atom stereocenters. The fourth-order valence-electron chi connectivity index (χ4n) is 1.27. The Morgan fingerprint density at radius 3 is 2.41 bits per heavy atom. The van der Waals surface area contributed by atoms with Gasteiger partial charge in [-0.05, 0) is 79.9 Å². The van der Waals surface area contributed by atoms with Gasteiger partial charge in [0.2, 0.25) is 0 Å². The summed E-state index contributed by atoms with van der Waals surface area (Å²) < 4.78 is 66.6. The molecule has 5 nitrogen and oxygen atoms in total. The fraction of sp³-hybridized carbons (Fsp3) is 0.400. The number of aliphatic hydroxyl groups is 1. The van der Waals surface area contributed by atoms with Crippen molar-refractivity contribution in [2.75, 3.05) is 13.2 Å². The van der Waals surface area contributed by atoms with Gasteiger partial charge in [0.1, 0.15) is 0 Å². The van der Waals surface area contributed by atoms with E-state index in [2.05, 4.69) is 45.2 Å². The molecule has 1 aromatic carbocycles. The van der Waals surface area contributed by atoms with E-state index in [1.807, 2.05) is 28.7 Å². The molecule has 22 heavy (non-hydrogen) atoms. The number of alkyl halides is 3. The van der Waals surface area contributed by atoms with Gasteiger partial charge >= 0.3 is 15.5 Å². The molecule has 0 aromatic heterocycles. The number of hydrogen-bond donors (Lipinski definition) is 2. The van der Waals surface area contributed by atoms with Crippen molar-refractivity contribution in [2.45, 2.75) is 11.8 Å². The molecule has 0 spiro atoms. The van der Waals surface area contributed by atoms with E-state index >= 15 is 0 Å². The van der Waals surface area contributed by atoms with Gasteiger partial charge in [-0.1, -0.05) is 0 Å². The predicted molar refractivity (Wildman–Crippen MR) is 98.5 cm³/mol. The summed E-state index contributed by atoms with van der Waals surface area (Å²) in [7, 11) is -5.40. The van der Waals surface area contributed by atoms with E-state index in [0.717, 1.165) is 10.7 Å². The van der Waals surface area contributed by atoms with Gasteiger partial charge in [-0.25, -0.2) is 13.1 Å². The molecular weight excluding hydrogens is 668 g/mol. The zero-order valence-corrected chi connectivity index (χ0v) is 17.8. The van der Waals surface area contributed by atoms with Crippen LogP contribution >= 0.6 is 67.8 Å². The monoisotopic (exact) mass is 677 g/mol. The Morgan fingerprint density at radius 2 is 1.86 bits per heavy atom. The molecule has 2 N–H and O–H groups in total. The second kappa shape index (κ2) is 8.41. The Bertz CT molecular complexity index is 639. The minimum atomic E-state index is -5.40. The van der Waals surface area contributed by atoms with Crippen LogP contribution in [0.5, 0.6) is 0 Å². The zero-order chi connectivity index (χ0) is 17.1. The van der Waals surface area contributed by atoms with E-state index in [1.54, 1.807) is 6.07 Å². The molecule has 0 amide bonds. The molecule has 0 saturated heterocycles. The minimum absolute atomic E-state index is 0.408. The normalized spacial score (nSPS) is 14.1. The Balaban J connectivity index is 2.60. The highest BCUT2D eigenvalue weighted by Crippen LogP contribution is 2.28. The standard InChI is InChI=1S/C10H9F3I3NO4S/c11-10(12,13)22(19,20)17-1-2-21-9(18)6-3-5(14)4-7(15)8(6)16/h3-4,9,17-18H,1-2H2. The highest BCUT2D eigenvalue weighted by atomic mass is 127. The average molecular weight is 677 g/mol. The molecule has 0 aliphatic rings. The summed E-state index contributed by atoms with van der Waals surface area (Å²) in [5.74, 6) is 0. The first kappa shape index (κ1) is 21.1. The van der Waals surface area contributed by atoms with Crippen molar-refractivity contribution in [3.8, 4) is 0 Å². The number of benzene rings is 1. The third-order valence-corrected chi connectivity index (χ3v) is 7.16. The smallest absolute Gasteiger partial charge is 0.364 e. The minimum Gasteiger partial charge on any atom is -0.364 e. The maximum absolute atomic E-state index is 12.1. The lowest BCUT2D eigenvalue weighted by Gasteiger charge is -2.16. The van der Waals surface area contributed by atoms with E-state index in [4.69, 9.17) is 4.74 Å². The molecule has 1 unspecified atom stereocenters. The summed E-state index contributed by atoms with van der Waals surface area (Å²) in [5.41, 5.74) is -4.90. The van der Waals surface area contributed by atoms with E-state index in [0.29, 0.717) is 5.56 Å². The number of aliphatic hydroxyl groups excluding tert-OH is 1. The van der Waals surface area contributed by atoms with E-state index in [-0.39, 0.29) is 0 Å². The summed E-state index contributed by atoms with van der Waals surface area (Å²) >= 11 is 6.14. The number of ether oxygens (including phenoxy) is 1. The summed E-state index contributed by atoms with van der Waals surface area (Å²) in [6, 6.07) is 3.56. The van der Waals surface area contributed by atoms with Crippen molar-refractivity contribution in [1.82, 2.24) is 4.72 Å². The van der Waals surface area contributed by atoms with E-state index in [1.165, 1.54) is 4.72 Å². The first-order valence-corrected chi connectivity index (χ1v) is 10.2. The molecule has 1 aromatic rings. The Hall–Kier alpha value is 1.03. The molecule has 0 radical (unpaired) electrons. The Morgan fingerprint density at radius 1 is 1.27 bits per heavy atom. The summed E-state index contributed by atoms with van der Waals surface area (Å²) in [6.45, 7) is -1.01. The quantitative estimate of drug-likeness (QED) is 0.211. The van der Waals surface area contributed by atoms with Crippen molar-refractivity contribution in [3.05, 3.63) is 28.4 Å². The van der Waals surface area contributed by atoms with Gasteiger partial charge in [0.25, 0.3) is 0 Å². The van der Waals surface area contributed by atoms with Crippen molar-refractivity contribution >= 4 is 77.8 Å². The fourth-order valence-corrected chi connectivity index (χ4v) is 4.26. The maximum atomic E-state index is 12.1. The van der Waals surface area contributed by atoms with Crippen LogP contribution in [0.15, 0.2) is 12.1 Å². The molecule has 12 heteroatoms. The summed E-state index contributed by atoms with van der Waals surface area (Å²) in [4.78, 5) is 0. The molecule has 126 valence electrons. The van der Waals surface area contributed by atoms with Crippen LogP contribution in [0.2, 0.25) is 0 Å². The molecule has 0 fully saturated rings.